The number of ether oxygens (including phenoxy) is 1. The summed E-state index contributed by atoms with van der Waals surface area (Å²) >= 11 is 0. The molecule has 0 unspecified atom stereocenters. The van der Waals surface area contributed by atoms with Gasteiger partial charge in [-0.3, -0.25) is 18.7 Å². The number of anilines is 2. The van der Waals surface area contributed by atoms with E-state index < -0.39 is 28.4 Å². The molecular formula is C21H25N3O6S. The SMILES string of the molecule is COCCNC(=O)c1ccccc1NC(=O)CN(c1cccc(C(C)=O)c1)S(C)(=O)=O. The van der Waals surface area contributed by atoms with Crippen molar-refractivity contribution in [2.24, 2.45) is 0 Å². The van der Waals surface area contributed by atoms with Gasteiger partial charge in [0.2, 0.25) is 15.9 Å². The molecule has 0 saturated heterocycles. The van der Waals surface area contributed by atoms with Gasteiger partial charge in [0, 0.05) is 19.2 Å². The van der Waals surface area contributed by atoms with Crippen LogP contribution in [0.3, 0.4) is 0 Å². The van der Waals surface area contributed by atoms with Gasteiger partial charge in [-0.15, -0.1) is 0 Å². The Labute approximate surface area is 181 Å². The molecule has 0 aromatic heterocycles. The number of sulfonamides is 1. The van der Waals surface area contributed by atoms with E-state index in [1.165, 1.54) is 26.2 Å². The highest BCUT2D eigenvalue weighted by Gasteiger charge is 2.22. The molecule has 0 bridgehead atoms. The highest BCUT2D eigenvalue weighted by molar-refractivity contribution is 7.92. The molecule has 9 nitrogen and oxygen atoms in total. The number of Topliss-reactive ketones (excluding diaryl/α,β-unsaturated/α-hetero) is 1. The summed E-state index contributed by atoms with van der Waals surface area (Å²) < 4.78 is 30.4. The lowest BCUT2D eigenvalue weighted by atomic mass is 10.1. The van der Waals surface area contributed by atoms with E-state index in [0.717, 1.165) is 10.6 Å². The number of methoxy groups -OCH3 is 1. The van der Waals surface area contributed by atoms with Gasteiger partial charge in [0.15, 0.2) is 5.78 Å². The zero-order chi connectivity index (χ0) is 23.0. The number of carbonyl (C=O) groups is 3. The molecule has 2 aromatic rings. The topological polar surface area (TPSA) is 122 Å². The molecule has 2 rings (SSSR count). The second kappa shape index (κ2) is 10.7. The van der Waals surface area contributed by atoms with Gasteiger partial charge < -0.3 is 15.4 Å². The Hall–Kier alpha value is -3.24. The van der Waals surface area contributed by atoms with E-state index in [0.29, 0.717) is 18.7 Å². The minimum absolute atomic E-state index is 0.191. The predicted molar refractivity (Wildman–Crippen MR) is 118 cm³/mol. The summed E-state index contributed by atoms with van der Waals surface area (Å²) in [4.78, 5) is 36.7. The van der Waals surface area contributed by atoms with E-state index in [4.69, 9.17) is 4.74 Å². The first-order valence-corrected chi connectivity index (χ1v) is 11.2. The minimum atomic E-state index is -3.82. The predicted octanol–water partition coefficient (Wildman–Crippen LogP) is 1.67. The third kappa shape index (κ3) is 6.90. The molecule has 10 heteroatoms. The maximum Gasteiger partial charge on any atom is 0.253 e. The van der Waals surface area contributed by atoms with Crippen molar-refractivity contribution in [1.82, 2.24) is 5.32 Å². The average Bonchev–Trinajstić information content (AvgIpc) is 2.71. The number of nitrogens with zero attached hydrogens (tertiary/aromatic N) is 1. The lowest BCUT2D eigenvalue weighted by Crippen LogP contribution is -2.38. The number of hydrogen-bond donors (Lipinski definition) is 2. The summed E-state index contributed by atoms with van der Waals surface area (Å²) in [5.41, 5.74) is 0.991. The first-order valence-electron chi connectivity index (χ1n) is 9.38. The highest BCUT2D eigenvalue weighted by atomic mass is 32.2. The molecule has 0 spiro atoms. The van der Waals surface area contributed by atoms with Crippen LogP contribution in [0.4, 0.5) is 11.4 Å². The molecule has 0 aliphatic heterocycles. The van der Waals surface area contributed by atoms with Crippen molar-refractivity contribution in [3.05, 3.63) is 59.7 Å². The zero-order valence-corrected chi connectivity index (χ0v) is 18.4. The summed E-state index contributed by atoms with van der Waals surface area (Å²) in [6, 6.07) is 12.4. The van der Waals surface area contributed by atoms with Crippen LogP contribution in [0.1, 0.15) is 27.6 Å². The third-order valence-corrected chi connectivity index (χ3v) is 5.41. The molecule has 0 saturated carbocycles. The number of rotatable bonds is 10. The number of amides is 2. The normalized spacial score (nSPS) is 10.9. The molecule has 0 radical (unpaired) electrons. The van der Waals surface area contributed by atoms with E-state index in [9.17, 15) is 22.8 Å². The fraction of sp³-hybridized carbons (Fsp3) is 0.286. The molecule has 2 amide bonds. The van der Waals surface area contributed by atoms with Gasteiger partial charge >= 0.3 is 0 Å². The van der Waals surface area contributed by atoms with Crippen molar-refractivity contribution in [3.8, 4) is 0 Å². The van der Waals surface area contributed by atoms with Crippen LogP contribution in [0, 0.1) is 0 Å². The van der Waals surface area contributed by atoms with Crippen molar-refractivity contribution in [1.29, 1.82) is 0 Å². The monoisotopic (exact) mass is 447 g/mol. The van der Waals surface area contributed by atoms with Gasteiger partial charge in [-0.2, -0.15) is 0 Å². The first kappa shape index (κ1) is 24.0. The lowest BCUT2D eigenvalue weighted by molar-refractivity contribution is -0.114. The molecule has 0 aliphatic rings. The molecule has 2 N–H and O–H groups in total. The second-order valence-electron chi connectivity index (χ2n) is 6.72. The number of carbonyl (C=O) groups excluding carboxylic acids is 3. The van der Waals surface area contributed by atoms with Gasteiger partial charge in [0.1, 0.15) is 6.54 Å². The quantitative estimate of drug-likeness (QED) is 0.422. The summed E-state index contributed by atoms with van der Waals surface area (Å²) in [5, 5.41) is 5.26. The second-order valence-corrected chi connectivity index (χ2v) is 8.63. The van der Waals surface area contributed by atoms with Crippen LogP contribution in [-0.4, -0.2) is 59.1 Å². The largest absolute Gasteiger partial charge is 0.383 e. The standard InChI is InChI=1S/C21H25N3O6S/c1-15(25)16-7-6-8-17(13-16)24(31(3,28)29)14-20(26)23-19-10-5-4-9-18(19)21(27)22-11-12-30-2/h4-10,13H,11-12,14H2,1-3H3,(H,22,27)(H,23,26). The Morgan fingerprint density at radius 2 is 1.77 bits per heavy atom. The van der Waals surface area contributed by atoms with E-state index in [2.05, 4.69) is 10.6 Å². The van der Waals surface area contributed by atoms with Crippen LogP contribution in [0.15, 0.2) is 48.5 Å². The summed E-state index contributed by atoms with van der Waals surface area (Å²) in [5.74, 6) is -1.27. The number of nitrogens with one attached hydrogen (secondary N) is 2. The summed E-state index contributed by atoms with van der Waals surface area (Å²) in [6.45, 7) is 1.47. The molecule has 0 aliphatic carbocycles. The van der Waals surface area contributed by atoms with E-state index in [-0.39, 0.29) is 22.7 Å². The highest BCUT2D eigenvalue weighted by Crippen LogP contribution is 2.20. The van der Waals surface area contributed by atoms with Gasteiger partial charge in [0.25, 0.3) is 5.91 Å². The number of para-hydroxylation sites is 1. The Kier molecular flexibility index (Phi) is 8.29. The first-order chi connectivity index (χ1) is 14.6. The molecule has 0 atom stereocenters. The van der Waals surface area contributed by atoms with Crippen LogP contribution in [0.2, 0.25) is 0 Å². The number of hydrogen-bond acceptors (Lipinski definition) is 6. The van der Waals surface area contributed by atoms with Crippen molar-refractivity contribution in [2.75, 3.05) is 42.7 Å². The van der Waals surface area contributed by atoms with Crippen LogP contribution in [0.25, 0.3) is 0 Å². The van der Waals surface area contributed by atoms with E-state index >= 15 is 0 Å². The van der Waals surface area contributed by atoms with Gasteiger partial charge in [-0.05, 0) is 31.2 Å². The van der Waals surface area contributed by atoms with Crippen LogP contribution >= 0.6 is 0 Å². The smallest absolute Gasteiger partial charge is 0.253 e. The molecule has 166 valence electrons. The Morgan fingerprint density at radius 1 is 1.06 bits per heavy atom. The lowest BCUT2D eigenvalue weighted by Gasteiger charge is -2.22. The Bertz CT molecular complexity index is 1070. The molecule has 0 heterocycles. The maximum atomic E-state index is 12.7. The molecule has 0 fully saturated rings. The minimum Gasteiger partial charge on any atom is -0.383 e. The molecule has 2 aromatic carbocycles. The Morgan fingerprint density at radius 3 is 2.42 bits per heavy atom. The molecular weight excluding hydrogens is 422 g/mol. The van der Waals surface area contributed by atoms with Gasteiger partial charge in [0.05, 0.1) is 29.8 Å². The fourth-order valence-corrected chi connectivity index (χ4v) is 3.60. The summed E-state index contributed by atoms with van der Waals surface area (Å²) in [6.07, 6.45) is 0.970. The number of ketones is 1. The zero-order valence-electron chi connectivity index (χ0n) is 17.5. The Balaban J connectivity index is 2.22. The van der Waals surface area contributed by atoms with E-state index in [1.807, 2.05) is 0 Å². The summed E-state index contributed by atoms with van der Waals surface area (Å²) in [7, 11) is -2.31. The maximum absolute atomic E-state index is 12.7. The van der Waals surface area contributed by atoms with Crippen molar-refractivity contribution < 1.29 is 27.5 Å². The van der Waals surface area contributed by atoms with Crippen LogP contribution in [0.5, 0.6) is 0 Å². The third-order valence-electron chi connectivity index (χ3n) is 4.27. The fourth-order valence-electron chi connectivity index (χ4n) is 2.75. The van der Waals surface area contributed by atoms with Crippen molar-refractivity contribution in [3.63, 3.8) is 0 Å². The van der Waals surface area contributed by atoms with E-state index in [1.54, 1.807) is 36.4 Å². The number of benzene rings is 2. The van der Waals surface area contributed by atoms with Crippen LogP contribution < -0.4 is 14.9 Å². The van der Waals surface area contributed by atoms with Crippen LogP contribution in [-0.2, 0) is 19.6 Å². The van der Waals surface area contributed by atoms with Gasteiger partial charge in [-0.25, -0.2) is 8.42 Å². The van der Waals surface area contributed by atoms with Crippen molar-refractivity contribution >= 4 is 39.0 Å². The average molecular weight is 448 g/mol. The van der Waals surface area contributed by atoms with Gasteiger partial charge in [-0.1, -0.05) is 24.3 Å². The van der Waals surface area contributed by atoms with Crippen molar-refractivity contribution in [2.45, 2.75) is 6.92 Å². The molecule has 31 heavy (non-hydrogen) atoms.